The van der Waals surface area contributed by atoms with Gasteiger partial charge in [-0.1, -0.05) is 38.3 Å². The summed E-state index contributed by atoms with van der Waals surface area (Å²) in [7, 11) is -1.73. The number of nitrogens with zero attached hydrogens (tertiary/aromatic N) is 1. The Labute approximate surface area is 150 Å². The van der Waals surface area contributed by atoms with Crippen molar-refractivity contribution in [1.82, 2.24) is 4.31 Å². The zero-order valence-corrected chi connectivity index (χ0v) is 15.9. The first-order chi connectivity index (χ1) is 12.0. The van der Waals surface area contributed by atoms with E-state index in [4.69, 9.17) is 4.74 Å². The van der Waals surface area contributed by atoms with Gasteiger partial charge in [-0.25, -0.2) is 8.42 Å². The number of hydrogen-bond donors (Lipinski definition) is 0. The van der Waals surface area contributed by atoms with Crippen LogP contribution in [0.4, 0.5) is 0 Å². The highest BCUT2D eigenvalue weighted by Gasteiger charge is 2.29. The Morgan fingerprint density at radius 2 is 1.72 bits per heavy atom. The SMILES string of the molecule is CCCOc1ccc2cc(S(=O)(=O)N(C)C3CCCCC3)ccc2c1. The normalized spacial score (nSPS) is 16.4. The number of rotatable bonds is 6. The van der Waals surface area contributed by atoms with E-state index in [1.807, 2.05) is 24.3 Å². The standard InChI is InChI=1S/C20H27NO3S/c1-3-13-24-19-11-9-17-15-20(12-10-16(17)14-19)25(22,23)21(2)18-7-5-4-6-8-18/h9-12,14-15,18H,3-8,13H2,1-2H3. The molecule has 0 heterocycles. The third-order valence-corrected chi connectivity index (χ3v) is 6.93. The molecule has 4 nitrogen and oxygen atoms in total. The van der Waals surface area contributed by atoms with E-state index in [0.717, 1.165) is 48.6 Å². The van der Waals surface area contributed by atoms with Crippen molar-refractivity contribution in [2.24, 2.45) is 0 Å². The van der Waals surface area contributed by atoms with Crippen molar-refractivity contribution in [3.63, 3.8) is 0 Å². The molecule has 0 aromatic heterocycles. The Bertz CT molecular complexity index is 826. The quantitative estimate of drug-likeness (QED) is 0.756. The van der Waals surface area contributed by atoms with Crippen LogP contribution in [0.1, 0.15) is 45.4 Å². The average Bonchev–Trinajstić information content (AvgIpc) is 2.65. The van der Waals surface area contributed by atoms with Crippen LogP contribution in [0.25, 0.3) is 10.8 Å². The highest BCUT2D eigenvalue weighted by molar-refractivity contribution is 7.89. The van der Waals surface area contributed by atoms with E-state index < -0.39 is 10.0 Å². The second-order valence-corrected chi connectivity index (χ2v) is 8.83. The molecule has 1 fully saturated rings. The zero-order valence-electron chi connectivity index (χ0n) is 15.1. The second-order valence-electron chi connectivity index (χ2n) is 6.83. The van der Waals surface area contributed by atoms with Crippen LogP contribution in [-0.2, 0) is 10.0 Å². The number of ether oxygens (including phenoxy) is 1. The van der Waals surface area contributed by atoms with Gasteiger partial charge in [-0.2, -0.15) is 4.31 Å². The van der Waals surface area contributed by atoms with Gasteiger partial charge in [-0.3, -0.25) is 0 Å². The molecule has 0 saturated heterocycles. The van der Waals surface area contributed by atoms with Gasteiger partial charge < -0.3 is 4.74 Å². The first-order valence-electron chi connectivity index (χ1n) is 9.17. The van der Waals surface area contributed by atoms with Crippen LogP contribution in [0.3, 0.4) is 0 Å². The molecule has 1 aliphatic rings. The van der Waals surface area contributed by atoms with Gasteiger partial charge in [0.05, 0.1) is 11.5 Å². The van der Waals surface area contributed by atoms with Crippen LogP contribution < -0.4 is 4.74 Å². The second kappa shape index (κ2) is 7.75. The molecule has 3 rings (SSSR count). The molecular weight excluding hydrogens is 334 g/mol. The fraction of sp³-hybridized carbons (Fsp3) is 0.500. The third kappa shape index (κ3) is 3.98. The van der Waals surface area contributed by atoms with Gasteiger partial charge in [-0.15, -0.1) is 0 Å². The van der Waals surface area contributed by atoms with Gasteiger partial charge in [0.2, 0.25) is 10.0 Å². The van der Waals surface area contributed by atoms with E-state index in [-0.39, 0.29) is 6.04 Å². The highest BCUT2D eigenvalue weighted by atomic mass is 32.2. The molecule has 136 valence electrons. The van der Waals surface area contributed by atoms with Gasteiger partial charge in [0.25, 0.3) is 0 Å². The molecule has 0 amide bonds. The molecule has 0 aliphatic heterocycles. The minimum absolute atomic E-state index is 0.124. The Balaban J connectivity index is 1.87. The smallest absolute Gasteiger partial charge is 0.243 e. The number of benzene rings is 2. The summed E-state index contributed by atoms with van der Waals surface area (Å²) >= 11 is 0. The number of hydrogen-bond acceptors (Lipinski definition) is 3. The summed E-state index contributed by atoms with van der Waals surface area (Å²) in [5, 5.41) is 1.91. The van der Waals surface area contributed by atoms with Crippen LogP contribution in [0.5, 0.6) is 5.75 Å². The maximum absolute atomic E-state index is 13.0. The van der Waals surface area contributed by atoms with Crippen molar-refractivity contribution in [1.29, 1.82) is 0 Å². The van der Waals surface area contributed by atoms with Crippen LogP contribution in [-0.4, -0.2) is 32.4 Å². The van der Waals surface area contributed by atoms with Crippen LogP contribution in [0, 0.1) is 0 Å². The largest absolute Gasteiger partial charge is 0.494 e. The fourth-order valence-electron chi connectivity index (χ4n) is 3.48. The molecule has 0 bridgehead atoms. The van der Waals surface area contributed by atoms with Crippen LogP contribution in [0.15, 0.2) is 41.3 Å². The monoisotopic (exact) mass is 361 g/mol. The molecule has 25 heavy (non-hydrogen) atoms. The number of fused-ring (bicyclic) bond motifs is 1. The number of sulfonamides is 1. The lowest BCUT2D eigenvalue weighted by Gasteiger charge is -2.30. The van der Waals surface area contributed by atoms with Gasteiger partial charge in [0.15, 0.2) is 0 Å². The molecule has 1 aliphatic carbocycles. The highest BCUT2D eigenvalue weighted by Crippen LogP contribution is 2.29. The lowest BCUT2D eigenvalue weighted by molar-refractivity contribution is 0.286. The molecule has 5 heteroatoms. The molecule has 0 radical (unpaired) electrons. The summed E-state index contributed by atoms with van der Waals surface area (Å²) in [5.74, 6) is 0.823. The summed E-state index contributed by atoms with van der Waals surface area (Å²) in [6.45, 7) is 2.76. The summed E-state index contributed by atoms with van der Waals surface area (Å²) in [5.41, 5.74) is 0. The Hall–Kier alpha value is -1.59. The van der Waals surface area contributed by atoms with E-state index in [2.05, 4.69) is 6.92 Å². The van der Waals surface area contributed by atoms with E-state index in [1.165, 1.54) is 6.42 Å². The molecule has 0 N–H and O–H groups in total. The summed E-state index contributed by atoms with van der Waals surface area (Å²) in [4.78, 5) is 0.371. The summed E-state index contributed by atoms with van der Waals surface area (Å²) < 4.78 is 33.2. The fourth-order valence-corrected chi connectivity index (χ4v) is 4.93. The third-order valence-electron chi connectivity index (χ3n) is 5.02. The zero-order chi connectivity index (χ0) is 17.9. The van der Waals surface area contributed by atoms with Crippen LogP contribution >= 0.6 is 0 Å². The molecular formula is C20H27NO3S. The van der Waals surface area contributed by atoms with Crippen molar-refractivity contribution in [3.05, 3.63) is 36.4 Å². The van der Waals surface area contributed by atoms with Crippen molar-refractivity contribution >= 4 is 20.8 Å². The van der Waals surface area contributed by atoms with Gasteiger partial charge in [0.1, 0.15) is 5.75 Å². The minimum Gasteiger partial charge on any atom is -0.494 e. The van der Waals surface area contributed by atoms with Gasteiger partial charge >= 0.3 is 0 Å². The Morgan fingerprint density at radius 3 is 2.44 bits per heavy atom. The van der Waals surface area contributed by atoms with E-state index in [9.17, 15) is 8.42 Å². The molecule has 2 aromatic rings. The van der Waals surface area contributed by atoms with E-state index >= 15 is 0 Å². The van der Waals surface area contributed by atoms with Crippen molar-refractivity contribution in [2.45, 2.75) is 56.4 Å². The first kappa shape index (κ1) is 18.2. The summed E-state index contributed by atoms with van der Waals surface area (Å²) in [6, 6.07) is 11.3. The lowest BCUT2D eigenvalue weighted by atomic mass is 9.96. The molecule has 0 atom stereocenters. The Kier molecular flexibility index (Phi) is 5.64. The predicted octanol–water partition coefficient (Wildman–Crippen LogP) is 4.58. The molecule has 0 spiro atoms. The summed E-state index contributed by atoms with van der Waals surface area (Å²) in [6.07, 6.45) is 6.32. The maximum Gasteiger partial charge on any atom is 0.243 e. The predicted molar refractivity (Wildman–Crippen MR) is 102 cm³/mol. The Morgan fingerprint density at radius 1 is 1.04 bits per heavy atom. The van der Waals surface area contributed by atoms with Gasteiger partial charge in [0, 0.05) is 13.1 Å². The van der Waals surface area contributed by atoms with E-state index in [1.54, 1.807) is 23.5 Å². The minimum atomic E-state index is -3.45. The topological polar surface area (TPSA) is 46.6 Å². The van der Waals surface area contributed by atoms with Crippen LogP contribution in [0.2, 0.25) is 0 Å². The van der Waals surface area contributed by atoms with E-state index in [0.29, 0.717) is 11.5 Å². The average molecular weight is 362 g/mol. The van der Waals surface area contributed by atoms with Crippen molar-refractivity contribution < 1.29 is 13.2 Å². The lowest BCUT2D eigenvalue weighted by Crippen LogP contribution is -2.38. The van der Waals surface area contributed by atoms with Crippen molar-refractivity contribution in [2.75, 3.05) is 13.7 Å². The molecule has 2 aromatic carbocycles. The molecule has 1 saturated carbocycles. The first-order valence-corrected chi connectivity index (χ1v) is 10.6. The van der Waals surface area contributed by atoms with Gasteiger partial charge in [-0.05, 0) is 54.3 Å². The molecule has 0 unspecified atom stereocenters. The van der Waals surface area contributed by atoms with Crippen molar-refractivity contribution in [3.8, 4) is 5.75 Å². The maximum atomic E-state index is 13.0.